The average molecular weight is 247 g/mol. The molecule has 1 atom stereocenters. The second-order valence-electron chi connectivity index (χ2n) is 4.25. The van der Waals surface area contributed by atoms with Crippen LogP contribution in [0.15, 0.2) is 24.4 Å². The van der Waals surface area contributed by atoms with Crippen LogP contribution >= 0.6 is 11.3 Å². The molecule has 0 saturated heterocycles. The van der Waals surface area contributed by atoms with Gasteiger partial charge in [-0.25, -0.2) is 4.98 Å². The highest BCUT2D eigenvalue weighted by Gasteiger charge is 2.09. The van der Waals surface area contributed by atoms with Gasteiger partial charge in [-0.3, -0.25) is 0 Å². The van der Waals surface area contributed by atoms with Crippen LogP contribution in [-0.4, -0.2) is 4.98 Å². The summed E-state index contributed by atoms with van der Waals surface area (Å²) in [5.41, 5.74) is 7.46. The third-order valence-corrected chi connectivity index (χ3v) is 3.82. The molecule has 0 bridgehead atoms. The lowest BCUT2D eigenvalue weighted by molar-refractivity contribution is 0.893. The first-order chi connectivity index (χ1) is 8.06. The van der Waals surface area contributed by atoms with Gasteiger partial charge in [0.05, 0.1) is 17.9 Å². The van der Waals surface area contributed by atoms with Crippen molar-refractivity contribution in [1.29, 1.82) is 0 Å². The minimum Gasteiger partial charge on any atom is -0.397 e. The molecule has 4 heteroatoms. The maximum Gasteiger partial charge on any atom is 0.129 e. The normalized spacial score (nSPS) is 12.4. The number of nitrogens with zero attached hydrogens (tertiary/aromatic N) is 1. The molecule has 0 aliphatic rings. The van der Waals surface area contributed by atoms with Gasteiger partial charge in [0.15, 0.2) is 0 Å². The van der Waals surface area contributed by atoms with Gasteiger partial charge in [0, 0.05) is 9.75 Å². The molecule has 3 nitrogen and oxygen atoms in total. The van der Waals surface area contributed by atoms with Crippen LogP contribution < -0.4 is 11.1 Å². The van der Waals surface area contributed by atoms with Crippen LogP contribution in [0.3, 0.4) is 0 Å². The van der Waals surface area contributed by atoms with Gasteiger partial charge in [0.2, 0.25) is 0 Å². The molecule has 0 amide bonds. The van der Waals surface area contributed by atoms with Crippen LogP contribution in [0, 0.1) is 13.8 Å². The summed E-state index contributed by atoms with van der Waals surface area (Å²) >= 11 is 1.81. The first kappa shape index (κ1) is 11.9. The molecule has 17 heavy (non-hydrogen) atoms. The number of rotatable bonds is 3. The van der Waals surface area contributed by atoms with Crippen molar-refractivity contribution in [2.24, 2.45) is 0 Å². The first-order valence-corrected chi connectivity index (χ1v) is 6.43. The van der Waals surface area contributed by atoms with Gasteiger partial charge < -0.3 is 11.1 Å². The van der Waals surface area contributed by atoms with Crippen LogP contribution in [0.5, 0.6) is 0 Å². The molecule has 0 aliphatic heterocycles. The largest absolute Gasteiger partial charge is 0.397 e. The Balaban J connectivity index is 2.15. The Bertz CT molecular complexity index is 519. The van der Waals surface area contributed by atoms with Crippen molar-refractivity contribution < 1.29 is 0 Å². The molecule has 0 fully saturated rings. The molecule has 0 spiro atoms. The zero-order chi connectivity index (χ0) is 12.4. The van der Waals surface area contributed by atoms with Crippen molar-refractivity contribution in [3.05, 3.63) is 39.7 Å². The van der Waals surface area contributed by atoms with Gasteiger partial charge in [-0.2, -0.15) is 0 Å². The number of hydrogen-bond acceptors (Lipinski definition) is 4. The van der Waals surface area contributed by atoms with Crippen molar-refractivity contribution in [3.63, 3.8) is 0 Å². The van der Waals surface area contributed by atoms with Gasteiger partial charge in [0.25, 0.3) is 0 Å². The molecular formula is C13H17N3S. The number of hydrogen-bond donors (Lipinski definition) is 2. The van der Waals surface area contributed by atoms with Crippen molar-refractivity contribution in [3.8, 4) is 0 Å². The fourth-order valence-electron chi connectivity index (χ4n) is 1.71. The Kier molecular flexibility index (Phi) is 3.33. The summed E-state index contributed by atoms with van der Waals surface area (Å²) in [6.45, 7) is 6.27. The van der Waals surface area contributed by atoms with E-state index in [9.17, 15) is 0 Å². The Morgan fingerprint density at radius 1 is 1.35 bits per heavy atom. The van der Waals surface area contributed by atoms with E-state index >= 15 is 0 Å². The fraction of sp³-hybridized carbons (Fsp3) is 0.308. The molecule has 0 aromatic carbocycles. The number of nitrogens with one attached hydrogen (secondary N) is 1. The zero-order valence-electron chi connectivity index (χ0n) is 10.3. The van der Waals surface area contributed by atoms with Crippen molar-refractivity contribution in [2.75, 3.05) is 11.1 Å². The lowest BCUT2D eigenvalue weighted by Crippen LogP contribution is -2.08. The third kappa shape index (κ3) is 2.77. The van der Waals surface area contributed by atoms with E-state index < -0.39 is 0 Å². The summed E-state index contributed by atoms with van der Waals surface area (Å²) in [7, 11) is 0. The maximum absolute atomic E-state index is 5.68. The summed E-state index contributed by atoms with van der Waals surface area (Å²) in [6.07, 6.45) is 1.68. The average Bonchev–Trinajstić information content (AvgIpc) is 2.69. The highest BCUT2D eigenvalue weighted by Crippen LogP contribution is 2.26. The number of thiophene rings is 1. The molecule has 2 rings (SSSR count). The summed E-state index contributed by atoms with van der Waals surface area (Å²) < 4.78 is 0. The number of nitrogen functional groups attached to an aromatic ring is 1. The number of aryl methyl sites for hydroxylation is 2. The van der Waals surface area contributed by atoms with Gasteiger partial charge in [0.1, 0.15) is 5.82 Å². The summed E-state index contributed by atoms with van der Waals surface area (Å²) in [5, 5.41) is 3.41. The van der Waals surface area contributed by atoms with E-state index in [0.29, 0.717) is 5.69 Å². The molecule has 2 aromatic rings. The van der Waals surface area contributed by atoms with Crippen LogP contribution in [0.4, 0.5) is 11.5 Å². The molecule has 90 valence electrons. The Morgan fingerprint density at radius 2 is 2.12 bits per heavy atom. The molecule has 2 aromatic heterocycles. The van der Waals surface area contributed by atoms with Gasteiger partial charge in [-0.1, -0.05) is 0 Å². The Morgan fingerprint density at radius 3 is 2.71 bits per heavy atom. The smallest absolute Gasteiger partial charge is 0.129 e. The quantitative estimate of drug-likeness (QED) is 0.872. The second kappa shape index (κ2) is 4.75. The van der Waals surface area contributed by atoms with E-state index in [1.807, 2.05) is 24.3 Å². The van der Waals surface area contributed by atoms with E-state index in [1.54, 1.807) is 6.20 Å². The molecule has 0 saturated carbocycles. The standard InChI is InChI=1S/C13H17N3S/c1-8-6-11(14)7-15-13(8)16-10(3)12-5-4-9(2)17-12/h4-7,10H,14H2,1-3H3,(H,15,16). The van der Waals surface area contributed by atoms with Crippen molar-refractivity contribution in [2.45, 2.75) is 26.8 Å². The molecular weight excluding hydrogens is 230 g/mol. The fourth-order valence-corrected chi connectivity index (χ4v) is 2.59. The molecule has 2 heterocycles. The lowest BCUT2D eigenvalue weighted by atomic mass is 10.2. The highest BCUT2D eigenvalue weighted by molar-refractivity contribution is 7.12. The van der Waals surface area contributed by atoms with Crippen LogP contribution in [0.25, 0.3) is 0 Å². The number of anilines is 2. The van der Waals surface area contributed by atoms with Crippen LogP contribution in [0.1, 0.15) is 28.3 Å². The minimum absolute atomic E-state index is 0.267. The number of nitrogens with two attached hydrogens (primary N) is 1. The number of pyridine rings is 1. The third-order valence-electron chi connectivity index (χ3n) is 2.64. The SMILES string of the molecule is Cc1ccc(C(C)Nc2ncc(N)cc2C)s1. The topological polar surface area (TPSA) is 50.9 Å². The summed E-state index contributed by atoms with van der Waals surface area (Å²) in [5.74, 6) is 0.901. The maximum atomic E-state index is 5.68. The van der Waals surface area contributed by atoms with Crippen molar-refractivity contribution in [1.82, 2.24) is 4.98 Å². The predicted octanol–water partition coefficient (Wildman–Crippen LogP) is 3.52. The monoisotopic (exact) mass is 247 g/mol. The van der Waals surface area contributed by atoms with Crippen LogP contribution in [0.2, 0.25) is 0 Å². The van der Waals surface area contributed by atoms with E-state index in [0.717, 1.165) is 11.4 Å². The molecule has 0 aliphatic carbocycles. The highest BCUT2D eigenvalue weighted by atomic mass is 32.1. The van der Waals surface area contributed by atoms with E-state index in [-0.39, 0.29) is 6.04 Å². The zero-order valence-corrected chi connectivity index (χ0v) is 11.1. The van der Waals surface area contributed by atoms with E-state index in [1.165, 1.54) is 9.75 Å². The summed E-state index contributed by atoms with van der Waals surface area (Å²) in [6, 6.07) is 6.50. The van der Waals surface area contributed by atoms with Gasteiger partial charge in [-0.15, -0.1) is 11.3 Å². The summed E-state index contributed by atoms with van der Waals surface area (Å²) in [4.78, 5) is 6.97. The predicted molar refractivity (Wildman–Crippen MR) is 74.5 cm³/mol. The lowest BCUT2D eigenvalue weighted by Gasteiger charge is -2.14. The van der Waals surface area contributed by atoms with Gasteiger partial charge in [-0.05, 0) is 44.5 Å². The van der Waals surface area contributed by atoms with Crippen LogP contribution in [-0.2, 0) is 0 Å². The van der Waals surface area contributed by atoms with Crippen molar-refractivity contribution >= 4 is 22.8 Å². The molecule has 0 radical (unpaired) electrons. The minimum atomic E-state index is 0.267. The first-order valence-electron chi connectivity index (χ1n) is 5.61. The molecule has 3 N–H and O–H groups in total. The van der Waals surface area contributed by atoms with Gasteiger partial charge >= 0.3 is 0 Å². The number of aromatic nitrogens is 1. The Hall–Kier alpha value is -1.55. The van der Waals surface area contributed by atoms with E-state index in [2.05, 4.69) is 36.3 Å². The Labute approximate surface area is 106 Å². The second-order valence-corrected chi connectivity index (χ2v) is 5.57. The molecule has 1 unspecified atom stereocenters. The van der Waals surface area contributed by atoms with E-state index in [4.69, 9.17) is 5.73 Å².